The molecule has 4 aromatic rings. The molecule has 31 heteroatoms. The smallest absolute Gasteiger partial charge is 0.467 e. The fourth-order valence-corrected chi connectivity index (χ4v) is 5.80. The molecule has 0 aliphatic rings. The number of ether oxygens (including phenoxy) is 2. The van der Waals surface area contributed by atoms with Gasteiger partial charge >= 0.3 is 101 Å². The van der Waals surface area contributed by atoms with Crippen LogP contribution in [-0.2, 0) is 30.4 Å². The number of aliphatic hydroxyl groups excluding tert-OH is 2. The molecule has 0 fully saturated rings. The Morgan fingerprint density at radius 3 is 1.31 bits per heavy atom. The number of halogens is 2. The molecule has 0 saturated carbocycles. The van der Waals surface area contributed by atoms with Gasteiger partial charge < -0.3 is 41.4 Å². The molecule has 0 unspecified atom stereocenters. The van der Waals surface area contributed by atoms with Crippen molar-refractivity contribution in [3.63, 3.8) is 0 Å². The van der Waals surface area contributed by atoms with Crippen molar-refractivity contribution in [2.75, 3.05) is 63.5 Å². The maximum atomic E-state index is 12.2. The van der Waals surface area contributed by atoms with E-state index in [1.807, 2.05) is 0 Å². The summed E-state index contributed by atoms with van der Waals surface area (Å²) in [6.07, 6.45) is 2.45. The van der Waals surface area contributed by atoms with Crippen LogP contribution in [0.4, 0.5) is 23.3 Å². The van der Waals surface area contributed by atoms with Gasteiger partial charge in [0.05, 0.1) is 33.2 Å². The van der Waals surface area contributed by atoms with Gasteiger partial charge in [-0.05, 0) is 58.6 Å². The molecule has 23 nitrogen and oxygen atoms in total. The third kappa shape index (κ3) is 23.0. The van der Waals surface area contributed by atoms with E-state index in [1.165, 1.54) is 50.6 Å². The Labute approximate surface area is 415 Å². The van der Waals surface area contributed by atoms with E-state index in [2.05, 4.69) is 45.9 Å². The first-order valence-electron chi connectivity index (χ1n) is 15.2. The van der Waals surface area contributed by atoms with Gasteiger partial charge in [-0.25, -0.2) is 0 Å². The zero-order valence-corrected chi connectivity index (χ0v) is 42.1. The maximum Gasteiger partial charge on any atom is 1.00 e. The largest absolute Gasteiger partial charge is 1.00 e. The second-order valence-electron chi connectivity index (χ2n) is 10.1. The molecule has 4 rings (SSSR count). The Morgan fingerprint density at radius 2 is 1.03 bits per heavy atom. The predicted octanol–water partition coefficient (Wildman–Crippen LogP) is -8.06. The molecular weight excluding hydrogens is 920 g/mol. The van der Waals surface area contributed by atoms with E-state index >= 15 is 0 Å². The quantitative estimate of drug-likeness (QED) is 0.0218. The summed E-state index contributed by atoms with van der Waals surface area (Å²) in [6.45, 7) is 1.39. The number of aliphatic hydroxyl groups is 2. The molecule has 0 aliphatic carbocycles. The van der Waals surface area contributed by atoms with Crippen LogP contribution in [-0.4, -0.2) is 132 Å². The number of hydrogen-bond donors (Lipinski definition) is 9. The predicted molar refractivity (Wildman–Crippen MR) is 203 cm³/mol. The SMILES string of the molecule is COc1nc(Cl)nc(Nc2ccc(/C=C/c3ccc(Nc4nc(Cl)nc(OC)n4)cc3S(=O)(=O)O)c(S(=O)(=O)O)c2)n1.NCCS(=O)(=O)O.OCCNCCO.[Na+].[Na+].[Na+]. The zero-order valence-electron chi connectivity index (χ0n) is 32.1. The first kappa shape index (κ1) is 59.6. The summed E-state index contributed by atoms with van der Waals surface area (Å²) >= 11 is 11.7. The van der Waals surface area contributed by atoms with Crippen molar-refractivity contribution in [2.24, 2.45) is 5.73 Å². The van der Waals surface area contributed by atoms with E-state index in [1.54, 1.807) is 0 Å². The Morgan fingerprint density at radius 1 is 0.661 bits per heavy atom. The van der Waals surface area contributed by atoms with Gasteiger partial charge in [0.15, 0.2) is 0 Å². The van der Waals surface area contributed by atoms with Crippen LogP contribution in [0.2, 0.25) is 10.6 Å². The Balaban J connectivity index is 0. The Kier molecular flexibility index (Phi) is 29.3. The summed E-state index contributed by atoms with van der Waals surface area (Å²) in [5.74, 6) is -0.492. The van der Waals surface area contributed by atoms with Crippen molar-refractivity contribution < 1.29 is 147 Å². The molecule has 0 spiro atoms. The van der Waals surface area contributed by atoms with Crippen LogP contribution in [0.5, 0.6) is 12.0 Å². The van der Waals surface area contributed by atoms with Crippen LogP contribution >= 0.6 is 23.2 Å². The number of nitrogens with zero attached hydrogens (tertiary/aromatic N) is 6. The van der Waals surface area contributed by atoms with Gasteiger partial charge in [-0.2, -0.15) is 55.2 Å². The molecule has 2 aromatic carbocycles. The van der Waals surface area contributed by atoms with Gasteiger partial charge in [0.1, 0.15) is 9.79 Å². The van der Waals surface area contributed by atoms with Gasteiger partial charge in [0, 0.05) is 31.0 Å². The van der Waals surface area contributed by atoms with Crippen LogP contribution in [0.25, 0.3) is 12.2 Å². The topological polar surface area (TPSA) is 361 Å². The molecule has 0 radical (unpaired) electrons. The summed E-state index contributed by atoms with van der Waals surface area (Å²) < 4.78 is 106. The third-order valence-corrected chi connectivity index (χ3v) is 8.94. The molecule has 308 valence electrons. The monoisotopic (exact) mass is 955 g/mol. The average Bonchev–Trinajstić information content (AvgIpc) is 3.10. The van der Waals surface area contributed by atoms with Crippen molar-refractivity contribution in [1.29, 1.82) is 0 Å². The molecule has 0 bridgehead atoms. The van der Waals surface area contributed by atoms with Crippen molar-refractivity contribution in [1.82, 2.24) is 35.2 Å². The molecule has 0 atom stereocenters. The minimum absolute atomic E-state index is 0. The normalized spacial score (nSPS) is 10.9. The van der Waals surface area contributed by atoms with E-state index in [9.17, 15) is 34.4 Å². The Hall–Kier alpha value is -1.45. The van der Waals surface area contributed by atoms with Crippen LogP contribution in [0, 0.1) is 0 Å². The van der Waals surface area contributed by atoms with Gasteiger partial charge in [0.25, 0.3) is 30.4 Å². The van der Waals surface area contributed by atoms with E-state index in [-0.39, 0.29) is 171 Å². The van der Waals surface area contributed by atoms with Crippen LogP contribution < -0.4 is 120 Å². The number of aromatic nitrogens is 6. The molecule has 2 heterocycles. The number of hydrogen-bond acceptors (Lipinski definition) is 20. The fraction of sp³-hybridized carbons (Fsp3) is 0.286. The van der Waals surface area contributed by atoms with Crippen molar-refractivity contribution >= 4 is 89.0 Å². The van der Waals surface area contributed by atoms with E-state index < -0.39 is 40.1 Å². The summed E-state index contributed by atoms with van der Waals surface area (Å²) in [4.78, 5) is 22.0. The van der Waals surface area contributed by atoms with Crippen LogP contribution in [0.15, 0.2) is 46.2 Å². The summed E-state index contributed by atoms with van der Waals surface area (Å²) in [5.41, 5.74) is 5.02. The molecule has 0 aliphatic heterocycles. The van der Waals surface area contributed by atoms with Gasteiger partial charge in [0.2, 0.25) is 22.5 Å². The van der Waals surface area contributed by atoms with E-state index in [4.69, 9.17) is 53.2 Å². The molecule has 2 aromatic heterocycles. The van der Waals surface area contributed by atoms with Gasteiger partial charge in [-0.1, -0.05) is 24.3 Å². The average molecular weight is 957 g/mol. The summed E-state index contributed by atoms with van der Waals surface area (Å²) in [6, 6.07) is 7.49. The Bertz CT molecular complexity index is 2170. The van der Waals surface area contributed by atoms with E-state index in [0.717, 1.165) is 12.1 Å². The zero-order chi connectivity index (χ0) is 42.1. The molecule has 10 N–H and O–H groups in total. The second kappa shape index (κ2) is 29.0. The number of anilines is 4. The molecule has 0 saturated heterocycles. The van der Waals surface area contributed by atoms with Crippen molar-refractivity contribution in [2.45, 2.75) is 9.79 Å². The molecular formula is C28H36Cl2N10Na3O13S3+3. The number of methoxy groups -OCH3 is 2. The van der Waals surface area contributed by atoms with Crippen molar-refractivity contribution in [3.05, 3.63) is 58.1 Å². The first-order valence-corrected chi connectivity index (χ1v) is 20.4. The second-order valence-corrected chi connectivity index (χ2v) is 15.2. The molecule has 59 heavy (non-hydrogen) atoms. The van der Waals surface area contributed by atoms with Gasteiger partial charge in [-0.15, -0.1) is 0 Å². The number of nitrogens with two attached hydrogens (primary N) is 1. The van der Waals surface area contributed by atoms with Crippen LogP contribution in [0.1, 0.15) is 11.1 Å². The fourth-order valence-electron chi connectivity index (χ4n) is 3.77. The number of nitrogens with one attached hydrogen (secondary N) is 3. The van der Waals surface area contributed by atoms with Crippen LogP contribution in [0.3, 0.4) is 0 Å². The molecule has 0 amide bonds. The minimum atomic E-state index is -4.78. The van der Waals surface area contributed by atoms with Crippen molar-refractivity contribution in [3.8, 4) is 12.0 Å². The number of benzene rings is 2. The maximum absolute atomic E-state index is 12.2. The minimum Gasteiger partial charge on any atom is -0.467 e. The van der Waals surface area contributed by atoms with Gasteiger partial charge in [-0.3, -0.25) is 13.7 Å². The summed E-state index contributed by atoms with van der Waals surface area (Å²) in [5, 5.41) is 24.2. The summed E-state index contributed by atoms with van der Waals surface area (Å²) in [7, 11) is -10.7. The standard InChI is InChI=1S/C22H18Cl2N8O8S2.C4H11NO2.C2H7NO3S.3Na/c1-39-21-29-17(23)27-19(31-21)25-13-7-5-11(15(9-13)41(33,34)35)3-4-12-6-8-14(10-16(12)42(36,37)38)26-20-28-18(24)30-22(32-20)40-2;6-3-1-5-2-4-7;3-1-2-7(4,5)6;;;/h3-10H,1-2H3,(H,33,34,35)(H,36,37,38)(H,25,27,29,31)(H,26,28,30,32);5-7H,1-4H2;1-3H2,(H,4,5,6);;;/q;;;3*+1/b4-3+;;;;;. The first-order chi connectivity index (χ1) is 26.2. The third-order valence-electron chi connectivity index (χ3n) is 6.03. The number of rotatable bonds is 16. The van der Waals surface area contributed by atoms with E-state index in [0.29, 0.717) is 13.1 Å².